The molecule has 3 aromatic carbocycles. The van der Waals surface area contributed by atoms with Crippen molar-refractivity contribution in [1.29, 1.82) is 5.26 Å². The van der Waals surface area contributed by atoms with Crippen molar-refractivity contribution in [2.45, 2.75) is 18.9 Å². The average Bonchev–Trinajstić information content (AvgIpc) is 3.17. The second kappa shape index (κ2) is 10.8. The largest absolute Gasteiger partial charge is 0.493 e. The molecule has 0 saturated heterocycles. The van der Waals surface area contributed by atoms with Crippen LogP contribution in [0.3, 0.4) is 0 Å². The molecule has 1 atom stereocenters. The van der Waals surface area contributed by atoms with E-state index in [1.165, 1.54) is 40.6 Å². The van der Waals surface area contributed by atoms with Crippen molar-refractivity contribution in [3.63, 3.8) is 0 Å². The molecule has 0 fully saturated rings. The zero-order valence-electron chi connectivity index (χ0n) is 20.8. The van der Waals surface area contributed by atoms with E-state index in [1.807, 2.05) is 6.07 Å². The van der Waals surface area contributed by atoms with Gasteiger partial charge in [0.1, 0.15) is 0 Å². The number of rotatable bonds is 6. The summed E-state index contributed by atoms with van der Waals surface area (Å²) in [5, 5.41) is 12.6. The Bertz CT molecular complexity index is 1480. The number of amides is 1. The highest BCUT2D eigenvalue weighted by Gasteiger charge is 2.32. The molecule has 9 heteroatoms. The van der Waals surface area contributed by atoms with Gasteiger partial charge in [-0.25, -0.2) is 0 Å². The van der Waals surface area contributed by atoms with Gasteiger partial charge in [-0.3, -0.25) is 9.59 Å². The summed E-state index contributed by atoms with van der Waals surface area (Å²) in [5.41, 5.74) is 2.93. The zero-order valence-corrected chi connectivity index (χ0v) is 21.6. The van der Waals surface area contributed by atoms with Gasteiger partial charge in [0.15, 0.2) is 17.2 Å². The van der Waals surface area contributed by atoms with Gasteiger partial charge in [0.05, 0.1) is 51.1 Å². The molecule has 37 heavy (non-hydrogen) atoms. The summed E-state index contributed by atoms with van der Waals surface area (Å²) in [6, 6.07) is 12.7. The van der Waals surface area contributed by atoms with Crippen LogP contribution in [0.25, 0.3) is 11.1 Å². The molecule has 190 valence electrons. The molecule has 3 aromatic rings. The highest BCUT2D eigenvalue weighted by molar-refractivity contribution is 6.34. The van der Waals surface area contributed by atoms with Crippen LogP contribution in [0.4, 0.5) is 0 Å². The van der Waals surface area contributed by atoms with Crippen LogP contribution in [0.5, 0.6) is 23.0 Å². The number of carbonyl (C=O) groups is 1. The number of benzene rings is 2. The van der Waals surface area contributed by atoms with Crippen LogP contribution >= 0.6 is 11.6 Å². The van der Waals surface area contributed by atoms with E-state index in [1.54, 1.807) is 30.3 Å². The molecular formula is C28H25ClN2O6. The van der Waals surface area contributed by atoms with E-state index in [-0.39, 0.29) is 17.1 Å². The second-order valence-corrected chi connectivity index (χ2v) is 8.68. The number of nitrogens with zero attached hydrogens (tertiary/aromatic N) is 1. The van der Waals surface area contributed by atoms with Crippen molar-refractivity contribution >= 4 is 17.5 Å². The lowest BCUT2D eigenvalue weighted by Gasteiger charge is -2.21. The molecule has 0 unspecified atom stereocenters. The van der Waals surface area contributed by atoms with Gasteiger partial charge in [-0.2, -0.15) is 5.26 Å². The van der Waals surface area contributed by atoms with Crippen LogP contribution in [-0.2, 0) is 6.42 Å². The normalized spacial score (nSPS) is 13.8. The van der Waals surface area contributed by atoms with Gasteiger partial charge in [0.2, 0.25) is 11.2 Å². The molecule has 0 radical (unpaired) electrons. The van der Waals surface area contributed by atoms with Crippen LogP contribution in [0, 0.1) is 11.3 Å². The zero-order chi connectivity index (χ0) is 26.7. The van der Waals surface area contributed by atoms with Crippen LogP contribution in [0.2, 0.25) is 5.02 Å². The summed E-state index contributed by atoms with van der Waals surface area (Å²) < 4.78 is 22.2. The highest BCUT2D eigenvalue weighted by atomic mass is 35.5. The molecule has 1 N–H and O–H groups in total. The molecule has 8 nitrogen and oxygen atoms in total. The van der Waals surface area contributed by atoms with Gasteiger partial charge in [-0.05, 0) is 59.9 Å². The first-order valence-electron chi connectivity index (χ1n) is 11.4. The molecule has 0 heterocycles. The minimum atomic E-state index is -0.566. The topological polar surface area (TPSA) is 107 Å². The second-order valence-electron chi connectivity index (χ2n) is 8.30. The predicted molar refractivity (Wildman–Crippen MR) is 139 cm³/mol. The Hall–Kier alpha value is -4.22. The molecule has 1 amide bonds. The summed E-state index contributed by atoms with van der Waals surface area (Å²) in [6.07, 6.45) is 0.867. The van der Waals surface area contributed by atoms with Crippen LogP contribution < -0.4 is 29.7 Å². The number of ether oxygens (including phenoxy) is 4. The van der Waals surface area contributed by atoms with Crippen molar-refractivity contribution < 1.29 is 23.7 Å². The Kier molecular flexibility index (Phi) is 7.55. The monoisotopic (exact) mass is 520 g/mol. The molecule has 1 aliphatic rings. The third-order valence-electron chi connectivity index (χ3n) is 6.37. The third kappa shape index (κ3) is 4.66. The van der Waals surface area contributed by atoms with Crippen molar-refractivity contribution in [2.24, 2.45) is 0 Å². The maximum Gasteiger partial charge on any atom is 0.251 e. The molecular weight excluding hydrogens is 496 g/mol. The standard InChI is InChI=1S/C28H25ClN2O6/c1-34-22-11-9-17-19(13-21(22)32)20(31-28(33)16-7-5-6-15(12-16)14-30)10-8-18-23(17)25(35-2)27(37-4)26(36-3)24(18)29/h5-7,9,11-13,20H,8,10H2,1-4H3,(H,31,33)/t20-/m0/s1. The number of halogens is 1. The Morgan fingerprint density at radius 3 is 2.38 bits per heavy atom. The fraction of sp³-hybridized carbons (Fsp3) is 0.250. The predicted octanol–water partition coefficient (Wildman–Crippen LogP) is 4.69. The van der Waals surface area contributed by atoms with Crippen molar-refractivity contribution in [1.82, 2.24) is 5.32 Å². The van der Waals surface area contributed by atoms with Crippen LogP contribution in [0.1, 0.15) is 39.5 Å². The first-order valence-corrected chi connectivity index (χ1v) is 11.8. The summed E-state index contributed by atoms with van der Waals surface area (Å²) in [7, 11) is 5.92. The fourth-order valence-corrected chi connectivity index (χ4v) is 5.01. The number of fused-ring (bicyclic) bond motifs is 3. The molecule has 0 saturated carbocycles. The molecule has 1 aliphatic carbocycles. The lowest BCUT2D eigenvalue weighted by molar-refractivity contribution is 0.0935. The quantitative estimate of drug-likeness (QED) is 0.502. The Balaban J connectivity index is 1.96. The Morgan fingerprint density at radius 2 is 1.73 bits per heavy atom. The van der Waals surface area contributed by atoms with E-state index in [9.17, 15) is 14.9 Å². The number of nitrogens with one attached hydrogen (secondary N) is 1. The van der Waals surface area contributed by atoms with E-state index in [0.717, 1.165) is 5.56 Å². The van der Waals surface area contributed by atoms with Crippen molar-refractivity contribution in [3.8, 4) is 40.2 Å². The van der Waals surface area contributed by atoms with Crippen molar-refractivity contribution in [3.05, 3.63) is 80.0 Å². The van der Waals surface area contributed by atoms with Crippen LogP contribution in [0.15, 0.2) is 47.3 Å². The minimum absolute atomic E-state index is 0.145. The number of methoxy groups -OCH3 is 4. The van der Waals surface area contributed by atoms with Crippen LogP contribution in [-0.4, -0.2) is 34.3 Å². The van der Waals surface area contributed by atoms with E-state index in [4.69, 9.17) is 30.5 Å². The maximum atomic E-state index is 13.2. The lowest BCUT2D eigenvalue weighted by atomic mass is 9.95. The molecule has 4 rings (SSSR count). The smallest absolute Gasteiger partial charge is 0.251 e. The first-order chi connectivity index (χ1) is 17.9. The van der Waals surface area contributed by atoms with Gasteiger partial charge in [-0.1, -0.05) is 23.7 Å². The number of hydrogen-bond donors (Lipinski definition) is 1. The third-order valence-corrected chi connectivity index (χ3v) is 6.77. The van der Waals surface area contributed by atoms with E-state index in [0.29, 0.717) is 62.9 Å². The molecule has 0 bridgehead atoms. The Morgan fingerprint density at radius 1 is 1.00 bits per heavy atom. The first kappa shape index (κ1) is 25.9. The summed E-state index contributed by atoms with van der Waals surface area (Å²) >= 11 is 6.82. The molecule has 0 aromatic heterocycles. The average molecular weight is 521 g/mol. The highest BCUT2D eigenvalue weighted by Crippen LogP contribution is 2.54. The fourth-order valence-electron chi connectivity index (χ4n) is 4.66. The SMILES string of the molecule is COc1c(Cl)c2c(c(OC)c1OC)-c1ccc(OC)c(=O)cc1[C@@H](NC(=O)c1cccc(C#N)c1)CC2. The van der Waals surface area contributed by atoms with Gasteiger partial charge < -0.3 is 24.3 Å². The van der Waals surface area contributed by atoms with Gasteiger partial charge in [0, 0.05) is 11.1 Å². The lowest BCUT2D eigenvalue weighted by Crippen LogP contribution is -2.29. The van der Waals surface area contributed by atoms with Crippen molar-refractivity contribution in [2.75, 3.05) is 28.4 Å². The van der Waals surface area contributed by atoms with E-state index < -0.39 is 6.04 Å². The summed E-state index contributed by atoms with van der Waals surface area (Å²) in [6.45, 7) is 0. The summed E-state index contributed by atoms with van der Waals surface area (Å²) in [4.78, 5) is 26.2. The maximum absolute atomic E-state index is 13.2. The molecule has 0 aliphatic heterocycles. The number of nitriles is 1. The van der Waals surface area contributed by atoms with E-state index >= 15 is 0 Å². The van der Waals surface area contributed by atoms with E-state index in [2.05, 4.69) is 5.32 Å². The Labute approximate surface area is 219 Å². The van der Waals surface area contributed by atoms with Gasteiger partial charge >= 0.3 is 0 Å². The number of hydrogen-bond acceptors (Lipinski definition) is 7. The number of carbonyl (C=O) groups excluding carboxylic acids is 1. The summed E-state index contributed by atoms with van der Waals surface area (Å²) in [5.74, 6) is 0.812. The van der Waals surface area contributed by atoms with Gasteiger partial charge in [0.25, 0.3) is 5.91 Å². The minimum Gasteiger partial charge on any atom is -0.493 e. The molecule has 0 spiro atoms. The van der Waals surface area contributed by atoms with Gasteiger partial charge in [-0.15, -0.1) is 0 Å².